The Morgan fingerprint density at radius 1 is 0.415 bits per heavy atom. The van der Waals surface area contributed by atoms with E-state index in [1.807, 2.05) is 60.7 Å². The van der Waals surface area contributed by atoms with Crippen LogP contribution in [0.2, 0.25) is 0 Å². The van der Waals surface area contributed by atoms with Crippen molar-refractivity contribution < 1.29 is 4.42 Å². The molecule has 53 heavy (non-hydrogen) atoms. The van der Waals surface area contributed by atoms with Gasteiger partial charge in [0.1, 0.15) is 11.2 Å². The highest BCUT2D eigenvalue weighted by atomic mass is 16.3. The maximum absolute atomic E-state index is 9.42. The molecule has 0 bridgehead atoms. The fraction of sp³-hybridized carbons (Fsp3) is 0. The third-order valence-electron chi connectivity index (χ3n) is 10.1. The lowest BCUT2D eigenvalue weighted by molar-refractivity contribution is 0.673. The van der Waals surface area contributed by atoms with Gasteiger partial charge in [0.2, 0.25) is 0 Å². The van der Waals surface area contributed by atoms with Crippen LogP contribution in [0.25, 0.3) is 99.6 Å². The molecule has 0 fully saturated rings. The second-order valence-corrected chi connectivity index (χ2v) is 13.3. The average molecular weight is 676 g/mol. The van der Waals surface area contributed by atoms with Gasteiger partial charge in [-0.1, -0.05) is 127 Å². The SMILES string of the molecule is N#Cc1ccc(-c2cc(-c3ccccc3)nc(-c3cc4c5cc(-c6cccc(-c7ccc8ccccc8c7)c6)ccc5oc4c4ccccc34)n2)cc1. The first kappa shape index (κ1) is 30.5. The highest BCUT2D eigenvalue weighted by Gasteiger charge is 2.19. The maximum Gasteiger partial charge on any atom is 0.161 e. The first-order valence-electron chi connectivity index (χ1n) is 17.6. The van der Waals surface area contributed by atoms with E-state index < -0.39 is 0 Å². The van der Waals surface area contributed by atoms with Crippen LogP contribution in [0, 0.1) is 11.3 Å². The van der Waals surface area contributed by atoms with Crippen LogP contribution in [0.3, 0.4) is 0 Å². The summed E-state index contributed by atoms with van der Waals surface area (Å²) in [6.07, 6.45) is 0. The molecule has 0 radical (unpaired) electrons. The number of aromatic nitrogens is 2. The summed E-state index contributed by atoms with van der Waals surface area (Å²) < 4.78 is 6.62. The van der Waals surface area contributed by atoms with E-state index >= 15 is 0 Å². The van der Waals surface area contributed by atoms with E-state index in [-0.39, 0.29) is 0 Å². The number of hydrogen-bond donors (Lipinski definition) is 0. The summed E-state index contributed by atoms with van der Waals surface area (Å²) in [5.41, 5.74) is 11.3. The van der Waals surface area contributed by atoms with Crippen molar-refractivity contribution in [3.05, 3.63) is 181 Å². The Balaban J connectivity index is 1.15. The molecule has 0 amide bonds. The molecular weight excluding hydrogens is 647 g/mol. The van der Waals surface area contributed by atoms with Crippen molar-refractivity contribution in [3.63, 3.8) is 0 Å². The quantitative estimate of drug-likeness (QED) is 0.182. The van der Waals surface area contributed by atoms with Gasteiger partial charge in [-0.25, -0.2) is 9.97 Å². The molecular formula is C49H29N3O. The van der Waals surface area contributed by atoms with Gasteiger partial charge in [0, 0.05) is 32.8 Å². The first-order valence-corrected chi connectivity index (χ1v) is 17.6. The molecule has 2 heterocycles. The number of nitriles is 1. The highest BCUT2D eigenvalue weighted by molar-refractivity contribution is 6.19. The van der Waals surface area contributed by atoms with E-state index in [1.165, 1.54) is 21.9 Å². The lowest BCUT2D eigenvalue weighted by Crippen LogP contribution is -1.97. The molecule has 0 aliphatic carbocycles. The van der Waals surface area contributed by atoms with Gasteiger partial charge < -0.3 is 4.42 Å². The number of hydrogen-bond acceptors (Lipinski definition) is 4. The molecule has 0 aliphatic rings. The number of rotatable bonds is 5. The Labute approximate surface area is 305 Å². The number of nitrogens with zero attached hydrogens (tertiary/aromatic N) is 3. The van der Waals surface area contributed by atoms with E-state index in [1.54, 1.807) is 0 Å². The zero-order valence-electron chi connectivity index (χ0n) is 28.5. The molecule has 0 unspecified atom stereocenters. The minimum Gasteiger partial charge on any atom is -0.455 e. The van der Waals surface area contributed by atoms with Crippen molar-refractivity contribution in [3.8, 4) is 62.2 Å². The lowest BCUT2D eigenvalue weighted by atomic mass is 9.95. The molecule has 0 saturated heterocycles. The van der Waals surface area contributed by atoms with Gasteiger partial charge in [-0.3, -0.25) is 0 Å². The Morgan fingerprint density at radius 3 is 1.79 bits per heavy atom. The molecule has 0 saturated carbocycles. The molecule has 10 rings (SSSR count). The van der Waals surface area contributed by atoms with Gasteiger partial charge in [0.15, 0.2) is 5.82 Å². The van der Waals surface area contributed by atoms with Gasteiger partial charge in [0.25, 0.3) is 0 Å². The second-order valence-electron chi connectivity index (χ2n) is 13.3. The minimum atomic E-state index is 0.606. The van der Waals surface area contributed by atoms with Gasteiger partial charge in [-0.15, -0.1) is 0 Å². The van der Waals surface area contributed by atoms with Crippen molar-refractivity contribution in [2.75, 3.05) is 0 Å². The molecule has 0 atom stereocenters. The van der Waals surface area contributed by atoms with E-state index in [4.69, 9.17) is 14.4 Å². The summed E-state index contributed by atoms with van der Waals surface area (Å²) in [7, 11) is 0. The third-order valence-corrected chi connectivity index (χ3v) is 10.1. The normalized spacial score (nSPS) is 11.4. The lowest BCUT2D eigenvalue weighted by Gasteiger charge is -2.12. The molecule has 4 nitrogen and oxygen atoms in total. The highest BCUT2D eigenvalue weighted by Crippen LogP contribution is 2.41. The Bertz CT molecular complexity index is 3060. The second kappa shape index (κ2) is 12.5. The van der Waals surface area contributed by atoms with Crippen LogP contribution in [-0.2, 0) is 0 Å². The van der Waals surface area contributed by atoms with Gasteiger partial charge in [-0.2, -0.15) is 5.26 Å². The number of fused-ring (bicyclic) bond motifs is 6. The van der Waals surface area contributed by atoms with Crippen molar-refractivity contribution in [1.29, 1.82) is 5.26 Å². The molecule has 246 valence electrons. The summed E-state index contributed by atoms with van der Waals surface area (Å²) in [5, 5.41) is 15.9. The van der Waals surface area contributed by atoms with Gasteiger partial charge in [0.05, 0.1) is 23.0 Å². The summed E-state index contributed by atoms with van der Waals surface area (Å²) in [6, 6.07) is 62.8. The average Bonchev–Trinajstić information content (AvgIpc) is 3.61. The molecule has 10 aromatic rings. The monoisotopic (exact) mass is 675 g/mol. The number of furan rings is 1. The van der Waals surface area contributed by atoms with Gasteiger partial charge in [-0.05, 0) is 86.9 Å². The summed E-state index contributed by atoms with van der Waals surface area (Å²) >= 11 is 0. The van der Waals surface area contributed by atoms with Crippen LogP contribution < -0.4 is 0 Å². The van der Waals surface area contributed by atoms with Crippen LogP contribution in [-0.4, -0.2) is 9.97 Å². The Morgan fingerprint density at radius 2 is 1.02 bits per heavy atom. The van der Waals surface area contributed by atoms with Crippen LogP contribution in [0.5, 0.6) is 0 Å². The van der Waals surface area contributed by atoms with Crippen LogP contribution in [0.4, 0.5) is 0 Å². The zero-order chi connectivity index (χ0) is 35.3. The summed E-state index contributed by atoms with van der Waals surface area (Å²) in [4.78, 5) is 10.4. The van der Waals surface area contributed by atoms with Crippen LogP contribution in [0.1, 0.15) is 5.56 Å². The predicted octanol–water partition coefficient (Wildman–Crippen LogP) is 12.9. The predicted molar refractivity (Wildman–Crippen MR) is 216 cm³/mol. The molecule has 8 aromatic carbocycles. The van der Waals surface area contributed by atoms with E-state index in [9.17, 15) is 5.26 Å². The fourth-order valence-electron chi connectivity index (χ4n) is 7.40. The minimum absolute atomic E-state index is 0.606. The first-order chi connectivity index (χ1) is 26.2. The van der Waals surface area contributed by atoms with Crippen molar-refractivity contribution >= 4 is 43.5 Å². The largest absolute Gasteiger partial charge is 0.455 e. The third kappa shape index (κ3) is 5.40. The number of benzene rings is 8. The molecule has 4 heteroatoms. The Hall–Kier alpha value is -7.35. The molecule has 0 N–H and O–H groups in total. The van der Waals surface area contributed by atoms with Crippen molar-refractivity contribution in [2.24, 2.45) is 0 Å². The van der Waals surface area contributed by atoms with Crippen molar-refractivity contribution in [1.82, 2.24) is 9.97 Å². The molecule has 0 spiro atoms. The van der Waals surface area contributed by atoms with E-state index in [2.05, 4.69) is 121 Å². The molecule has 0 aliphatic heterocycles. The summed E-state index contributed by atoms with van der Waals surface area (Å²) in [6.45, 7) is 0. The molecule has 2 aromatic heterocycles. The topological polar surface area (TPSA) is 62.7 Å². The van der Waals surface area contributed by atoms with E-state index in [0.717, 1.165) is 71.9 Å². The van der Waals surface area contributed by atoms with E-state index in [0.29, 0.717) is 11.4 Å². The fourth-order valence-corrected chi connectivity index (χ4v) is 7.40. The van der Waals surface area contributed by atoms with Crippen LogP contribution >= 0.6 is 0 Å². The zero-order valence-corrected chi connectivity index (χ0v) is 28.5. The van der Waals surface area contributed by atoms with Crippen LogP contribution in [0.15, 0.2) is 180 Å². The Kier molecular flexibility index (Phi) is 7.16. The maximum atomic E-state index is 9.42. The smallest absolute Gasteiger partial charge is 0.161 e. The standard InChI is InChI=1S/C49H29N3O/c50-30-31-17-19-34(20-18-31)46-29-45(33-10-2-1-3-11-33)51-49(52-46)44-28-43-42-27-39(23-24-47(42)53-48(43)41-16-7-6-15-40(41)44)37-14-8-13-36(26-37)38-22-21-32-9-4-5-12-35(32)25-38/h1-29H. The van der Waals surface area contributed by atoms with Gasteiger partial charge >= 0.3 is 0 Å². The summed E-state index contributed by atoms with van der Waals surface area (Å²) in [5.74, 6) is 0.623. The van der Waals surface area contributed by atoms with Crippen molar-refractivity contribution in [2.45, 2.75) is 0 Å².